The Balaban J connectivity index is 2.18. The quantitative estimate of drug-likeness (QED) is 0.684. The van der Waals surface area contributed by atoms with E-state index in [2.05, 4.69) is 9.97 Å². The van der Waals surface area contributed by atoms with Gasteiger partial charge in [-0.3, -0.25) is 0 Å². The number of halogens is 2. The van der Waals surface area contributed by atoms with E-state index in [4.69, 9.17) is 35.4 Å². The summed E-state index contributed by atoms with van der Waals surface area (Å²) < 4.78 is 2.66. The molecule has 0 radical (unpaired) electrons. The molecule has 3 nitrogen and oxygen atoms in total. The summed E-state index contributed by atoms with van der Waals surface area (Å²) in [7, 11) is 0. The molecule has 2 heterocycles. The Morgan fingerprint density at radius 3 is 2.79 bits per heavy atom. The number of aromatic nitrogens is 3. The minimum Gasteiger partial charge on any atom is -0.331 e. The van der Waals surface area contributed by atoms with Crippen LogP contribution in [0.3, 0.4) is 0 Å². The van der Waals surface area contributed by atoms with Gasteiger partial charge in [-0.05, 0) is 31.3 Å². The number of fused-ring (bicyclic) bond motifs is 1. The van der Waals surface area contributed by atoms with E-state index in [-0.39, 0.29) is 0 Å². The number of rotatable bonds is 2. The van der Waals surface area contributed by atoms with Crippen molar-refractivity contribution in [2.45, 2.75) is 13.5 Å². The predicted octanol–water partition coefficient (Wildman–Crippen LogP) is 4.82. The van der Waals surface area contributed by atoms with E-state index in [1.54, 1.807) is 17.4 Å². The number of nitrogens with one attached hydrogen (secondary N) is 1. The van der Waals surface area contributed by atoms with E-state index in [0.717, 1.165) is 16.7 Å². The molecule has 0 saturated heterocycles. The summed E-state index contributed by atoms with van der Waals surface area (Å²) in [5.41, 5.74) is 4.71. The molecule has 19 heavy (non-hydrogen) atoms. The number of aromatic amines is 1. The topological polar surface area (TPSA) is 33.6 Å². The molecule has 0 amide bonds. The first kappa shape index (κ1) is 13.1. The summed E-state index contributed by atoms with van der Waals surface area (Å²) >= 11 is 19.1. The molecule has 2 aromatic heterocycles. The average Bonchev–Trinajstić information content (AvgIpc) is 2.88. The molecule has 7 heteroatoms. The number of nitrogens with zero attached hydrogens (tertiary/aromatic N) is 2. The van der Waals surface area contributed by atoms with Gasteiger partial charge in [0.2, 0.25) is 0 Å². The van der Waals surface area contributed by atoms with Crippen LogP contribution in [0.1, 0.15) is 10.6 Å². The van der Waals surface area contributed by atoms with Crippen LogP contribution in [0.25, 0.3) is 11.0 Å². The maximum absolute atomic E-state index is 6.08. The van der Waals surface area contributed by atoms with E-state index in [0.29, 0.717) is 21.4 Å². The van der Waals surface area contributed by atoms with Crippen LogP contribution in [-0.2, 0) is 6.54 Å². The summed E-state index contributed by atoms with van der Waals surface area (Å²) in [6, 6.07) is 3.63. The highest BCUT2D eigenvalue weighted by Crippen LogP contribution is 2.28. The zero-order chi connectivity index (χ0) is 13.6. The van der Waals surface area contributed by atoms with Gasteiger partial charge in [-0.25, -0.2) is 4.98 Å². The van der Waals surface area contributed by atoms with E-state index in [9.17, 15) is 0 Å². The lowest BCUT2D eigenvalue weighted by atomic mass is 10.3. The Morgan fingerprint density at radius 1 is 1.37 bits per heavy atom. The summed E-state index contributed by atoms with van der Waals surface area (Å²) in [6.07, 6.45) is 0. The Morgan fingerprint density at radius 2 is 2.11 bits per heavy atom. The van der Waals surface area contributed by atoms with Crippen LogP contribution < -0.4 is 0 Å². The molecular formula is C12H9Cl2N3S2. The molecule has 98 valence electrons. The first-order chi connectivity index (χ1) is 9.06. The van der Waals surface area contributed by atoms with Crippen LogP contribution in [0.2, 0.25) is 10.0 Å². The molecule has 0 aliphatic rings. The third-order valence-corrected chi connectivity index (χ3v) is 4.93. The van der Waals surface area contributed by atoms with E-state index in [1.165, 1.54) is 4.88 Å². The average molecular weight is 330 g/mol. The van der Waals surface area contributed by atoms with E-state index in [1.807, 2.05) is 23.1 Å². The van der Waals surface area contributed by atoms with Crippen molar-refractivity contribution < 1.29 is 0 Å². The van der Waals surface area contributed by atoms with Crippen LogP contribution in [-0.4, -0.2) is 14.5 Å². The fourth-order valence-electron chi connectivity index (χ4n) is 1.93. The second kappa shape index (κ2) is 4.90. The Hall–Kier alpha value is -0.880. The highest BCUT2D eigenvalue weighted by atomic mass is 35.5. The number of aryl methyl sites for hydroxylation is 1. The summed E-state index contributed by atoms with van der Waals surface area (Å²) in [6.45, 7) is 2.68. The fourth-order valence-corrected chi connectivity index (χ4v) is 3.29. The largest absolute Gasteiger partial charge is 0.331 e. The molecule has 1 aromatic carbocycles. The van der Waals surface area contributed by atoms with Gasteiger partial charge in [0.25, 0.3) is 0 Å². The van der Waals surface area contributed by atoms with Crippen LogP contribution >= 0.6 is 46.8 Å². The fraction of sp³-hybridized carbons (Fsp3) is 0.167. The molecule has 0 aliphatic carbocycles. The third-order valence-electron chi connectivity index (χ3n) is 2.96. The molecule has 0 fully saturated rings. The molecular weight excluding hydrogens is 321 g/mol. The van der Waals surface area contributed by atoms with Crippen molar-refractivity contribution in [2.24, 2.45) is 0 Å². The van der Waals surface area contributed by atoms with Crippen molar-refractivity contribution in [3.8, 4) is 0 Å². The third kappa shape index (κ3) is 2.31. The molecule has 0 bridgehead atoms. The lowest BCUT2D eigenvalue weighted by Crippen LogP contribution is -1.99. The maximum atomic E-state index is 6.08. The summed E-state index contributed by atoms with van der Waals surface area (Å²) in [4.78, 5) is 8.58. The lowest BCUT2D eigenvalue weighted by Gasteiger charge is -2.04. The maximum Gasteiger partial charge on any atom is 0.178 e. The summed E-state index contributed by atoms with van der Waals surface area (Å²) in [5, 5.41) is 1.05. The lowest BCUT2D eigenvalue weighted by molar-refractivity contribution is 0.815. The van der Waals surface area contributed by atoms with Crippen LogP contribution in [0.5, 0.6) is 0 Å². The van der Waals surface area contributed by atoms with Gasteiger partial charge in [-0.2, -0.15) is 0 Å². The summed E-state index contributed by atoms with van der Waals surface area (Å²) in [5.74, 6) is 0. The standard InChI is InChI=1S/C12H9Cl2N3S2/c1-6-11(19-5-15-6)4-17-10-3-8(14)7(13)2-9(10)16-12(17)18/h2-3,5H,4H2,1H3,(H,16,18). The highest BCUT2D eigenvalue weighted by Gasteiger charge is 2.10. The predicted molar refractivity (Wildman–Crippen MR) is 83.1 cm³/mol. The first-order valence-electron chi connectivity index (χ1n) is 5.53. The normalized spacial score (nSPS) is 11.3. The number of benzene rings is 1. The van der Waals surface area contributed by atoms with Gasteiger partial charge in [-0.1, -0.05) is 23.2 Å². The molecule has 0 unspecified atom stereocenters. The Labute approximate surface area is 128 Å². The van der Waals surface area contributed by atoms with Crippen LogP contribution in [0, 0.1) is 11.7 Å². The second-order valence-corrected chi connectivity index (χ2v) is 6.30. The Bertz CT molecular complexity index is 816. The zero-order valence-electron chi connectivity index (χ0n) is 9.91. The minimum absolute atomic E-state index is 0.520. The number of hydrogen-bond donors (Lipinski definition) is 1. The SMILES string of the molecule is Cc1ncsc1Cn1c(=S)[nH]c2cc(Cl)c(Cl)cc21. The molecule has 0 atom stereocenters. The molecule has 0 aliphatic heterocycles. The van der Waals surface area contributed by atoms with Gasteiger partial charge < -0.3 is 9.55 Å². The van der Waals surface area contributed by atoms with Crippen molar-refractivity contribution in [1.29, 1.82) is 0 Å². The smallest absolute Gasteiger partial charge is 0.178 e. The van der Waals surface area contributed by atoms with Crippen LogP contribution in [0.4, 0.5) is 0 Å². The van der Waals surface area contributed by atoms with Crippen molar-refractivity contribution in [2.75, 3.05) is 0 Å². The van der Waals surface area contributed by atoms with E-state index < -0.39 is 0 Å². The number of H-pyrrole nitrogens is 1. The monoisotopic (exact) mass is 329 g/mol. The zero-order valence-corrected chi connectivity index (χ0v) is 13.1. The minimum atomic E-state index is 0.520. The number of thiazole rings is 1. The molecule has 0 spiro atoms. The van der Waals surface area contributed by atoms with Crippen molar-refractivity contribution >= 4 is 57.8 Å². The van der Waals surface area contributed by atoms with E-state index >= 15 is 0 Å². The van der Waals surface area contributed by atoms with Gasteiger partial charge in [0, 0.05) is 4.88 Å². The van der Waals surface area contributed by atoms with Crippen molar-refractivity contribution in [1.82, 2.24) is 14.5 Å². The molecule has 0 saturated carbocycles. The second-order valence-electron chi connectivity index (χ2n) is 4.16. The van der Waals surface area contributed by atoms with Gasteiger partial charge in [0.15, 0.2) is 4.77 Å². The van der Waals surface area contributed by atoms with Gasteiger partial charge in [-0.15, -0.1) is 11.3 Å². The molecule has 3 rings (SSSR count). The number of imidazole rings is 1. The van der Waals surface area contributed by atoms with Crippen LogP contribution in [0.15, 0.2) is 17.6 Å². The van der Waals surface area contributed by atoms with Gasteiger partial charge in [0.1, 0.15) is 0 Å². The van der Waals surface area contributed by atoms with Gasteiger partial charge in [0.05, 0.1) is 38.8 Å². The Kier molecular flexibility index (Phi) is 3.39. The van der Waals surface area contributed by atoms with Crippen molar-refractivity contribution in [3.63, 3.8) is 0 Å². The first-order valence-corrected chi connectivity index (χ1v) is 7.57. The van der Waals surface area contributed by atoms with Crippen molar-refractivity contribution in [3.05, 3.63) is 43.0 Å². The number of hydrogen-bond acceptors (Lipinski definition) is 3. The highest BCUT2D eigenvalue weighted by molar-refractivity contribution is 7.71. The van der Waals surface area contributed by atoms with Gasteiger partial charge >= 0.3 is 0 Å². The molecule has 1 N–H and O–H groups in total. The molecule has 3 aromatic rings.